The fourth-order valence-corrected chi connectivity index (χ4v) is 4.32. The zero-order valence-electron chi connectivity index (χ0n) is 13.9. The molecule has 0 fully saturated rings. The molecule has 0 aliphatic rings. The highest BCUT2D eigenvalue weighted by Crippen LogP contribution is 2.39. The van der Waals surface area contributed by atoms with Gasteiger partial charge in [0.25, 0.3) is 0 Å². The molecular formula is C22H16BrNOS. The summed E-state index contributed by atoms with van der Waals surface area (Å²) >= 11 is 5.04. The Hall–Kier alpha value is -2.30. The predicted molar refractivity (Wildman–Crippen MR) is 112 cm³/mol. The van der Waals surface area contributed by atoms with Crippen LogP contribution in [0.4, 0.5) is 0 Å². The molecule has 3 aromatic carbocycles. The summed E-state index contributed by atoms with van der Waals surface area (Å²) in [6.07, 6.45) is 1.82. The number of carbonyl (C=O) groups excluding carboxylic acids is 1. The third-order valence-corrected chi connectivity index (χ3v) is 6.06. The molecular weight excluding hydrogens is 406 g/mol. The normalized spacial score (nSPS) is 12.2. The van der Waals surface area contributed by atoms with Crippen molar-refractivity contribution in [3.05, 3.63) is 101 Å². The first-order valence-electron chi connectivity index (χ1n) is 8.30. The molecule has 4 rings (SSSR count). The molecule has 4 aromatic rings. The summed E-state index contributed by atoms with van der Waals surface area (Å²) in [6, 6.07) is 26.0. The molecule has 0 saturated carbocycles. The Morgan fingerprint density at radius 1 is 0.885 bits per heavy atom. The van der Waals surface area contributed by atoms with Crippen molar-refractivity contribution in [3.63, 3.8) is 0 Å². The van der Waals surface area contributed by atoms with E-state index in [2.05, 4.69) is 20.9 Å². The van der Waals surface area contributed by atoms with Crippen molar-refractivity contribution in [3.8, 4) is 0 Å². The van der Waals surface area contributed by atoms with Crippen LogP contribution >= 0.6 is 27.7 Å². The molecule has 0 spiro atoms. The van der Waals surface area contributed by atoms with Crippen LogP contribution in [0.2, 0.25) is 0 Å². The smallest absolute Gasteiger partial charge is 0.182 e. The molecule has 0 aliphatic heterocycles. The number of benzene rings is 3. The van der Waals surface area contributed by atoms with Crippen molar-refractivity contribution in [1.29, 1.82) is 0 Å². The number of aromatic amines is 1. The van der Waals surface area contributed by atoms with Gasteiger partial charge in [0.05, 0.1) is 5.25 Å². The number of fused-ring (bicyclic) bond motifs is 1. The summed E-state index contributed by atoms with van der Waals surface area (Å²) in [5.74, 6) is 0.113. The molecule has 1 atom stereocenters. The molecule has 0 unspecified atom stereocenters. The number of aromatic nitrogens is 1. The van der Waals surface area contributed by atoms with Gasteiger partial charge >= 0.3 is 0 Å². The summed E-state index contributed by atoms with van der Waals surface area (Å²) in [7, 11) is 0. The Labute approximate surface area is 164 Å². The second kappa shape index (κ2) is 7.52. The van der Waals surface area contributed by atoms with Gasteiger partial charge in [-0.15, -0.1) is 11.8 Å². The van der Waals surface area contributed by atoms with Crippen LogP contribution in [0, 0.1) is 0 Å². The monoisotopic (exact) mass is 421 g/mol. The van der Waals surface area contributed by atoms with Crippen LogP contribution in [0.15, 0.2) is 94.4 Å². The van der Waals surface area contributed by atoms with Crippen LogP contribution in [0.5, 0.6) is 0 Å². The molecule has 1 heterocycles. The van der Waals surface area contributed by atoms with Crippen molar-refractivity contribution >= 4 is 44.4 Å². The van der Waals surface area contributed by atoms with Crippen molar-refractivity contribution in [2.75, 3.05) is 0 Å². The average molecular weight is 422 g/mol. The summed E-state index contributed by atoms with van der Waals surface area (Å²) in [5.41, 5.74) is 2.73. The Balaban J connectivity index is 1.74. The molecule has 26 heavy (non-hydrogen) atoms. The van der Waals surface area contributed by atoms with E-state index in [1.807, 2.05) is 85.1 Å². The number of nitrogens with one attached hydrogen (secondary N) is 1. The lowest BCUT2D eigenvalue weighted by molar-refractivity contribution is 0.0991. The zero-order chi connectivity index (χ0) is 17.9. The Bertz CT molecular complexity index is 1040. The van der Waals surface area contributed by atoms with Crippen LogP contribution < -0.4 is 0 Å². The minimum Gasteiger partial charge on any atom is -0.360 e. The number of rotatable bonds is 5. The molecule has 0 saturated heterocycles. The Morgan fingerprint density at radius 3 is 2.35 bits per heavy atom. The number of hydrogen-bond donors (Lipinski definition) is 1. The number of thioether (sulfide) groups is 1. The number of halogens is 1. The van der Waals surface area contributed by atoms with Crippen molar-refractivity contribution in [2.24, 2.45) is 0 Å². The first-order valence-corrected chi connectivity index (χ1v) is 9.97. The van der Waals surface area contributed by atoms with E-state index in [1.54, 1.807) is 11.8 Å². The van der Waals surface area contributed by atoms with Crippen LogP contribution in [0.25, 0.3) is 10.9 Å². The van der Waals surface area contributed by atoms with Crippen LogP contribution in [-0.4, -0.2) is 10.8 Å². The number of para-hydroxylation sites is 1. The summed E-state index contributed by atoms with van der Waals surface area (Å²) in [4.78, 5) is 17.7. The van der Waals surface area contributed by atoms with Gasteiger partial charge < -0.3 is 4.98 Å². The molecule has 128 valence electrons. The second-order valence-corrected chi connectivity index (χ2v) is 8.07. The van der Waals surface area contributed by atoms with Gasteiger partial charge in [-0.25, -0.2) is 0 Å². The van der Waals surface area contributed by atoms with Gasteiger partial charge in [0.2, 0.25) is 0 Å². The molecule has 1 N–H and O–H groups in total. The lowest BCUT2D eigenvalue weighted by atomic mass is 10.0. The molecule has 0 bridgehead atoms. The highest BCUT2D eigenvalue weighted by atomic mass is 79.9. The van der Waals surface area contributed by atoms with Crippen molar-refractivity contribution in [2.45, 2.75) is 10.1 Å². The van der Waals surface area contributed by atoms with Crippen LogP contribution in [-0.2, 0) is 0 Å². The van der Waals surface area contributed by atoms with E-state index in [9.17, 15) is 4.79 Å². The molecule has 4 heteroatoms. The van der Waals surface area contributed by atoms with Crippen LogP contribution in [0.3, 0.4) is 0 Å². The molecule has 0 radical (unpaired) electrons. The number of carbonyl (C=O) groups is 1. The quantitative estimate of drug-likeness (QED) is 0.289. The van der Waals surface area contributed by atoms with E-state index in [0.717, 1.165) is 31.4 Å². The minimum absolute atomic E-state index is 0.113. The highest BCUT2D eigenvalue weighted by molar-refractivity contribution is 9.10. The SMILES string of the molecule is O=C(c1c[nH]c2ccccc12)[C@H](Sc1ccc(Br)cc1)c1ccccc1. The predicted octanol–water partition coefficient (Wildman–Crippen LogP) is 6.65. The number of ketones is 1. The lowest BCUT2D eigenvalue weighted by Gasteiger charge is -2.16. The number of H-pyrrole nitrogens is 1. The Kier molecular flexibility index (Phi) is 4.96. The van der Waals surface area contributed by atoms with E-state index in [0.29, 0.717) is 0 Å². The minimum atomic E-state index is -0.295. The van der Waals surface area contributed by atoms with Gasteiger partial charge in [0, 0.05) is 32.0 Å². The van der Waals surface area contributed by atoms with E-state index < -0.39 is 0 Å². The standard InChI is InChI=1S/C22H16BrNOS/c23-16-10-12-17(13-11-16)26-22(15-6-2-1-3-7-15)21(25)19-14-24-20-9-5-4-8-18(19)20/h1-14,22,24H/t22-/m1/s1. The van der Waals surface area contributed by atoms with Gasteiger partial charge in [-0.1, -0.05) is 64.5 Å². The molecule has 0 amide bonds. The van der Waals surface area contributed by atoms with E-state index in [-0.39, 0.29) is 11.0 Å². The van der Waals surface area contributed by atoms with Crippen LogP contribution in [0.1, 0.15) is 21.2 Å². The van der Waals surface area contributed by atoms with Gasteiger partial charge in [-0.05, 0) is 35.9 Å². The van der Waals surface area contributed by atoms with E-state index >= 15 is 0 Å². The third kappa shape index (κ3) is 3.48. The fourth-order valence-electron chi connectivity index (χ4n) is 2.97. The maximum atomic E-state index is 13.4. The van der Waals surface area contributed by atoms with Gasteiger partial charge in [0.15, 0.2) is 5.78 Å². The second-order valence-electron chi connectivity index (χ2n) is 5.97. The van der Waals surface area contributed by atoms with Gasteiger partial charge in [-0.2, -0.15) is 0 Å². The zero-order valence-corrected chi connectivity index (χ0v) is 16.3. The summed E-state index contributed by atoms with van der Waals surface area (Å²) in [5, 5.41) is 0.673. The van der Waals surface area contributed by atoms with E-state index in [4.69, 9.17) is 0 Å². The fraction of sp³-hybridized carbons (Fsp3) is 0.0455. The number of hydrogen-bond acceptors (Lipinski definition) is 2. The molecule has 0 aliphatic carbocycles. The first kappa shape index (κ1) is 17.1. The topological polar surface area (TPSA) is 32.9 Å². The summed E-state index contributed by atoms with van der Waals surface area (Å²) < 4.78 is 1.03. The largest absolute Gasteiger partial charge is 0.360 e. The van der Waals surface area contributed by atoms with Gasteiger partial charge in [-0.3, -0.25) is 4.79 Å². The van der Waals surface area contributed by atoms with Gasteiger partial charge in [0.1, 0.15) is 0 Å². The highest BCUT2D eigenvalue weighted by Gasteiger charge is 2.25. The average Bonchev–Trinajstić information content (AvgIpc) is 3.12. The Morgan fingerprint density at radius 2 is 1.58 bits per heavy atom. The number of Topliss-reactive ketones (excluding diaryl/α,β-unsaturated/α-hetero) is 1. The molecule has 2 nitrogen and oxygen atoms in total. The van der Waals surface area contributed by atoms with Crippen molar-refractivity contribution < 1.29 is 4.79 Å². The maximum absolute atomic E-state index is 13.4. The van der Waals surface area contributed by atoms with E-state index in [1.165, 1.54) is 0 Å². The van der Waals surface area contributed by atoms with Crippen molar-refractivity contribution in [1.82, 2.24) is 4.98 Å². The summed E-state index contributed by atoms with van der Waals surface area (Å²) in [6.45, 7) is 0. The maximum Gasteiger partial charge on any atom is 0.182 e. The lowest BCUT2D eigenvalue weighted by Crippen LogP contribution is -2.09. The molecule has 1 aromatic heterocycles. The first-order chi connectivity index (χ1) is 12.7. The third-order valence-electron chi connectivity index (χ3n) is 4.26.